The molecule has 0 radical (unpaired) electrons. The molecule has 0 saturated heterocycles. The van der Waals surface area contributed by atoms with Gasteiger partial charge in [0.1, 0.15) is 11.6 Å². The molecule has 1 N–H and O–H groups in total. The van der Waals surface area contributed by atoms with E-state index in [2.05, 4.69) is 5.32 Å². The number of methoxy groups -OCH3 is 1. The number of ether oxygens (including phenoxy) is 1. The highest BCUT2D eigenvalue weighted by Crippen LogP contribution is 2.13. The SMILES string of the molecule is COc1cccc(CCN(CCNC(=O)Cc2ccc(F)cc2)C(C)=O)c1. The van der Waals surface area contributed by atoms with Gasteiger partial charge in [0.25, 0.3) is 0 Å². The summed E-state index contributed by atoms with van der Waals surface area (Å²) in [4.78, 5) is 25.5. The molecule has 2 aromatic carbocycles. The van der Waals surface area contributed by atoms with Crippen LogP contribution in [0.25, 0.3) is 0 Å². The monoisotopic (exact) mass is 372 g/mol. The first kappa shape index (κ1) is 20.4. The third-order valence-corrected chi connectivity index (χ3v) is 4.23. The van der Waals surface area contributed by atoms with E-state index in [1.165, 1.54) is 19.1 Å². The molecular formula is C21H25FN2O3. The third-order valence-electron chi connectivity index (χ3n) is 4.23. The van der Waals surface area contributed by atoms with Gasteiger partial charge in [0.2, 0.25) is 11.8 Å². The molecule has 144 valence electrons. The molecule has 2 amide bonds. The van der Waals surface area contributed by atoms with Crippen molar-refractivity contribution in [3.05, 3.63) is 65.5 Å². The van der Waals surface area contributed by atoms with Crippen molar-refractivity contribution in [2.24, 2.45) is 0 Å². The smallest absolute Gasteiger partial charge is 0.224 e. The Morgan fingerprint density at radius 1 is 1.07 bits per heavy atom. The number of carbonyl (C=O) groups excluding carboxylic acids is 2. The number of nitrogens with zero attached hydrogens (tertiary/aromatic N) is 1. The lowest BCUT2D eigenvalue weighted by Gasteiger charge is -2.21. The van der Waals surface area contributed by atoms with Crippen LogP contribution in [0.1, 0.15) is 18.1 Å². The Balaban J connectivity index is 1.77. The average molecular weight is 372 g/mol. The van der Waals surface area contributed by atoms with Crippen LogP contribution in [-0.2, 0) is 22.4 Å². The number of amides is 2. The summed E-state index contributed by atoms with van der Waals surface area (Å²) in [7, 11) is 1.62. The molecule has 0 unspecified atom stereocenters. The Bertz CT molecular complexity index is 762. The number of carbonyl (C=O) groups is 2. The zero-order valence-electron chi connectivity index (χ0n) is 15.7. The Morgan fingerprint density at radius 3 is 2.48 bits per heavy atom. The first-order valence-corrected chi connectivity index (χ1v) is 8.87. The summed E-state index contributed by atoms with van der Waals surface area (Å²) >= 11 is 0. The molecular weight excluding hydrogens is 347 g/mol. The van der Waals surface area contributed by atoms with Crippen LogP contribution in [0, 0.1) is 5.82 Å². The minimum absolute atomic E-state index is 0.0364. The predicted octanol–water partition coefficient (Wildman–Crippen LogP) is 2.58. The van der Waals surface area contributed by atoms with Crippen LogP contribution in [0.5, 0.6) is 5.75 Å². The predicted molar refractivity (Wildman–Crippen MR) is 102 cm³/mol. The molecule has 27 heavy (non-hydrogen) atoms. The molecule has 0 aliphatic rings. The van der Waals surface area contributed by atoms with E-state index in [1.807, 2.05) is 24.3 Å². The van der Waals surface area contributed by atoms with Gasteiger partial charge < -0.3 is 15.0 Å². The molecule has 0 bridgehead atoms. The first-order valence-electron chi connectivity index (χ1n) is 8.87. The highest BCUT2D eigenvalue weighted by Gasteiger charge is 2.10. The number of hydrogen-bond acceptors (Lipinski definition) is 3. The van der Waals surface area contributed by atoms with Gasteiger partial charge in [0.05, 0.1) is 13.5 Å². The van der Waals surface area contributed by atoms with Gasteiger partial charge in [0, 0.05) is 26.6 Å². The summed E-state index contributed by atoms with van der Waals surface area (Å²) in [5.41, 5.74) is 1.83. The molecule has 2 rings (SSSR count). The van der Waals surface area contributed by atoms with Gasteiger partial charge in [0.15, 0.2) is 0 Å². The molecule has 6 heteroatoms. The van der Waals surface area contributed by atoms with E-state index >= 15 is 0 Å². The van der Waals surface area contributed by atoms with Crippen LogP contribution in [0.2, 0.25) is 0 Å². The van der Waals surface area contributed by atoms with Gasteiger partial charge in [-0.25, -0.2) is 4.39 Å². The Hall–Kier alpha value is -2.89. The van der Waals surface area contributed by atoms with E-state index < -0.39 is 0 Å². The Kier molecular flexibility index (Phi) is 7.79. The van der Waals surface area contributed by atoms with Gasteiger partial charge in [-0.05, 0) is 41.8 Å². The van der Waals surface area contributed by atoms with Crippen molar-refractivity contribution in [3.63, 3.8) is 0 Å². The van der Waals surface area contributed by atoms with Crippen molar-refractivity contribution in [3.8, 4) is 5.75 Å². The number of halogens is 1. The number of hydrogen-bond donors (Lipinski definition) is 1. The maximum Gasteiger partial charge on any atom is 0.224 e. The number of benzene rings is 2. The summed E-state index contributed by atoms with van der Waals surface area (Å²) in [6, 6.07) is 13.6. The lowest BCUT2D eigenvalue weighted by Crippen LogP contribution is -2.39. The lowest BCUT2D eigenvalue weighted by atomic mass is 10.1. The molecule has 5 nitrogen and oxygen atoms in total. The Labute approximate surface area is 159 Å². The fraction of sp³-hybridized carbons (Fsp3) is 0.333. The van der Waals surface area contributed by atoms with Gasteiger partial charge in [-0.15, -0.1) is 0 Å². The minimum Gasteiger partial charge on any atom is -0.497 e. The van der Waals surface area contributed by atoms with Gasteiger partial charge in [-0.1, -0.05) is 24.3 Å². The normalized spacial score (nSPS) is 10.3. The standard InChI is InChI=1S/C21H25FN2O3/c1-16(25)24(12-10-17-4-3-5-20(14-17)27-2)13-11-23-21(26)15-18-6-8-19(22)9-7-18/h3-9,14H,10-13,15H2,1-2H3,(H,23,26). The van der Waals surface area contributed by atoms with Crippen molar-refractivity contribution < 1.29 is 18.7 Å². The van der Waals surface area contributed by atoms with Crippen molar-refractivity contribution in [1.82, 2.24) is 10.2 Å². The molecule has 0 aliphatic heterocycles. The van der Waals surface area contributed by atoms with Crippen molar-refractivity contribution in [2.75, 3.05) is 26.7 Å². The summed E-state index contributed by atoms with van der Waals surface area (Å²) in [6.07, 6.45) is 0.893. The van der Waals surface area contributed by atoms with Crippen LogP contribution in [0.4, 0.5) is 4.39 Å². The maximum atomic E-state index is 12.9. The number of rotatable bonds is 9. The fourth-order valence-corrected chi connectivity index (χ4v) is 2.70. The topological polar surface area (TPSA) is 58.6 Å². The molecule has 0 aromatic heterocycles. The first-order chi connectivity index (χ1) is 13.0. The van der Waals surface area contributed by atoms with Crippen LogP contribution in [0.3, 0.4) is 0 Å². The van der Waals surface area contributed by atoms with Gasteiger partial charge >= 0.3 is 0 Å². The quantitative estimate of drug-likeness (QED) is 0.736. The summed E-state index contributed by atoms with van der Waals surface area (Å²) < 4.78 is 18.1. The fourth-order valence-electron chi connectivity index (χ4n) is 2.70. The average Bonchev–Trinajstić information content (AvgIpc) is 2.66. The lowest BCUT2D eigenvalue weighted by molar-refractivity contribution is -0.129. The van der Waals surface area contributed by atoms with Crippen LogP contribution >= 0.6 is 0 Å². The van der Waals surface area contributed by atoms with E-state index in [-0.39, 0.29) is 24.1 Å². The third kappa shape index (κ3) is 7.09. The minimum atomic E-state index is -0.327. The van der Waals surface area contributed by atoms with Crippen molar-refractivity contribution in [1.29, 1.82) is 0 Å². The van der Waals surface area contributed by atoms with E-state index in [4.69, 9.17) is 4.74 Å². The highest BCUT2D eigenvalue weighted by molar-refractivity contribution is 5.78. The molecule has 0 saturated carbocycles. The molecule has 0 spiro atoms. The van der Waals surface area contributed by atoms with Crippen LogP contribution in [-0.4, -0.2) is 43.5 Å². The highest BCUT2D eigenvalue weighted by atomic mass is 19.1. The molecule has 0 heterocycles. The molecule has 0 atom stereocenters. The van der Waals surface area contributed by atoms with Crippen molar-refractivity contribution in [2.45, 2.75) is 19.8 Å². The summed E-state index contributed by atoms with van der Waals surface area (Å²) in [6.45, 7) is 2.90. The molecule has 0 fully saturated rings. The second-order valence-electron chi connectivity index (χ2n) is 6.26. The van der Waals surface area contributed by atoms with Crippen molar-refractivity contribution >= 4 is 11.8 Å². The second kappa shape index (κ2) is 10.3. The largest absolute Gasteiger partial charge is 0.497 e. The van der Waals surface area contributed by atoms with E-state index in [9.17, 15) is 14.0 Å². The van der Waals surface area contributed by atoms with E-state index in [0.717, 1.165) is 16.9 Å². The zero-order chi connectivity index (χ0) is 19.6. The van der Waals surface area contributed by atoms with E-state index in [1.54, 1.807) is 24.1 Å². The second-order valence-corrected chi connectivity index (χ2v) is 6.26. The molecule has 2 aromatic rings. The number of nitrogens with one attached hydrogen (secondary N) is 1. The maximum absolute atomic E-state index is 12.9. The zero-order valence-corrected chi connectivity index (χ0v) is 15.7. The van der Waals surface area contributed by atoms with E-state index in [0.29, 0.717) is 26.1 Å². The van der Waals surface area contributed by atoms with Crippen LogP contribution in [0.15, 0.2) is 48.5 Å². The van der Waals surface area contributed by atoms with Crippen LogP contribution < -0.4 is 10.1 Å². The Morgan fingerprint density at radius 2 is 1.81 bits per heavy atom. The molecule has 0 aliphatic carbocycles. The summed E-state index contributed by atoms with van der Waals surface area (Å²) in [5, 5.41) is 2.80. The van der Waals surface area contributed by atoms with Gasteiger partial charge in [-0.3, -0.25) is 9.59 Å². The van der Waals surface area contributed by atoms with Gasteiger partial charge in [-0.2, -0.15) is 0 Å². The summed E-state index contributed by atoms with van der Waals surface area (Å²) in [5.74, 6) is 0.269.